The number of nitrogens with one attached hydrogen (secondary N) is 3. The van der Waals surface area contributed by atoms with Gasteiger partial charge in [-0.05, 0) is 12.1 Å². The van der Waals surface area contributed by atoms with Crippen molar-refractivity contribution < 1.29 is 47.4 Å². The number of likely N-dealkylation sites (tertiary alicyclic amines) is 1. The summed E-state index contributed by atoms with van der Waals surface area (Å²) < 4.78 is 37.4. The van der Waals surface area contributed by atoms with Gasteiger partial charge in [-0.3, -0.25) is 30.3 Å². The molecule has 5 aliphatic heterocycles. The highest BCUT2D eigenvalue weighted by Crippen LogP contribution is 2.44. The van der Waals surface area contributed by atoms with E-state index in [2.05, 4.69) is 30.4 Å². The maximum atomic E-state index is 13.6. The predicted molar refractivity (Wildman–Crippen MR) is 120 cm³/mol. The first kappa shape index (κ1) is 24.1. The van der Waals surface area contributed by atoms with E-state index in [1.807, 2.05) is 0 Å². The zero-order chi connectivity index (χ0) is 27.2. The van der Waals surface area contributed by atoms with E-state index in [-0.39, 0.29) is 49.2 Å². The Kier molecular flexibility index (Phi) is 4.84. The molecular weight excluding hydrogens is 514 g/mol. The molecule has 1 spiro atoms. The summed E-state index contributed by atoms with van der Waals surface area (Å²) in [6.45, 7) is -0.452. The summed E-state index contributed by atoms with van der Waals surface area (Å²) in [4.78, 5) is 42.9. The van der Waals surface area contributed by atoms with Crippen LogP contribution in [0.1, 0.15) is 23.2 Å². The predicted octanol–water partition coefficient (Wildman–Crippen LogP) is -3.77. The van der Waals surface area contributed by atoms with Crippen LogP contribution in [-0.4, -0.2) is 98.3 Å². The second-order valence-electron chi connectivity index (χ2n) is 9.55. The van der Waals surface area contributed by atoms with Gasteiger partial charge in [-0.2, -0.15) is 0 Å². The van der Waals surface area contributed by atoms with E-state index in [1.165, 1.54) is 22.8 Å². The standard InChI is InChI=1S/C21H22F2N8O7/c22-21(23)37-10-3-1-2-8(14(10)38-21)16(34)27-11-7-31-18(25)26-9(6-30-12(32)4-5-13(30)33)15-19(31,20(11,35)36)29-17(24)28-15/h1-3,9,11,15,35-36H,4-7H2,(H6,24,25,26,27,28,29,34)/p+1/t9-,11?,15?,19?/m0/s1. The van der Waals surface area contributed by atoms with Crippen molar-refractivity contribution in [2.75, 3.05) is 13.1 Å². The van der Waals surface area contributed by atoms with Gasteiger partial charge in [0.05, 0.1) is 18.7 Å². The molecule has 0 aromatic heterocycles. The van der Waals surface area contributed by atoms with Gasteiger partial charge < -0.3 is 36.1 Å². The monoisotopic (exact) mass is 537 g/mol. The van der Waals surface area contributed by atoms with Crippen LogP contribution in [0.5, 0.6) is 11.5 Å². The molecule has 4 atom stereocenters. The van der Waals surface area contributed by atoms with E-state index in [1.54, 1.807) is 0 Å². The lowest BCUT2D eigenvalue weighted by Crippen LogP contribution is -2.79. The summed E-state index contributed by atoms with van der Waals surface area (Å²) in [5, 5.41) is 31.1. The topological polar surface area (TPSA) is 217 Å². The van der Waals surface area contributed by atoms with Crippen LogP contribution in [0.3, 0.4) is 0 Å². The molecule has 2 fully saturated rings. The number of alkyl halides is 2. The minimum absolute atomic E-state index is 0.0538. The third-order valence-corrected chi connectivity index (χ3v) is 7.38. The Labute approximate surface area is 212 Å². The molecular formula is C21H23F2N8O7+. The van der Waals surface area contributed by atoms with Crippen LogP contribution in [0.15, 0.2) is 23.2 Å². The molecule has 0 bridgehead atoms. The van der Waals surface area contributed by atoms with Crippen LogP contribution < -0.4 is 36.9 Å². The van der Waals surface area contributed by atoms with Crippen LogP contribution in [0.25, 0.3) is 0 Å². The molecule has 0 aliphatic carbocycles. The SMILES string of the molecule is NC1=NC2[C@H](CN3C(=O)CCC3=O)NC(N)=[N+]3CC(NC(=O)c4cccc5c4OC(F)(F)O5)C(O)(O)C23N1. The molecule has 3 amide bonds. The smallest absolute Gasteiger partial charge is 0.395 e. The lowest BCUT2D eigenvalue weighted by molar-refractivity contribution is -0.623. The molecule has 38 heavy (non-hydrogen) atoms. The second-order valence-corrected chi connectivity index (χ2v) is 9.55. The molecule has 0 saturated carbocycles. The summed E-state index contributed by atoms with van der Waals surface area (Å²) in [6.07, 6.45) is -3.86. The van der Waals surface area contributed by atoms with Crippen LogP contribution >= 0.6 is 0 Å². The number of ether oxygens (including phenoxy) is 2. The highest BCUT2D eigenvalue weighted by atomic mass is 19.3. The van der Waals surface area contributed by atoms with E-state index in [0.29, 0.717) is 0 Å². The molecule has 3 unspecified atom stereocenters. The molecule has 0 radical (unpaired) electrons. The Morgan fingerprint density at radius 3 is 2.66 bits per heavy atom. The van der Waals surface area contributed by atoms with E-state index >= 15 is 0 Å². The zero-order valence-corrected chi connectivity index (χ0v) is 19.5. The number of fused-ring (bicyclic) bond motifs is 1. The van der Waals surface area contributed by atoms with Gasteiger partial charge in [-0.15, -0.1) is 8.78 Å². The molecule has 5 heterocycles. The van der Waals surface area contributed by atoms with Crippen molar-refractivity contribution in [1.29, 1.82) is 0 Å². The Morgan fingerprint density at radius 2 is 1.95 bits per heavy atom. The maximum absolute atomic E-state index is 13.6. The van der Waals surface area contributed by atoms with Crippen molar-refractivity contribution >= 4 is 29.6 Å². The van der Waals surface area contributed by atoms with Crippen molar-refractivity contribution in [2.24, 2.45) is 16.5 Å². The third-order valence-electron chi connectivity index (χ3n) is 7.38. The molecule has 9 N–H and O–H groups in total. The number of rotatable bonds is 4. The quantitative estimate of drug-likeness (QED) is 0.112. The number of hydrogen-bond acceptors (Lipinski definition) is 12. The Morgan fingerprint density at radius 1 is 1.24 bits per heavy atom. The number of imide groups is 1. The number of halogens is 2. The molecule has 17 heteroatoms. The number of amides is 3. The normalized spacial score (nSPS) is 31.9. The van der Waals surface area contributed by atoms with Crippen molar-refractivity contribution in [3.63, 3.8) is 0 Å². The molecule has 202 valence electrons. The second kappa shape index (κ2) is 7.64. The van der Waals surface area contributed by atoms with Crippen molar-refractivity contribution in [3.05, 3.63) is 23.8 Å². The maximum Gasteiger partial charge on any atom is 0.586 e. The molecule has 2 saturated heterocycles. The number of guanidine groups is 2. The van der Waals surface area contributed by atoms with Crippen LogP contribution in [-0.2, 0) is 9.59 Å². The Bertz CT molecular complexity index is 1330. The number of hydrogen-bond donors (Lipinski definition) is 7. The molecule has 15 nitrogen and oxygen atoms in total. The number of aliphatic hydroxyl groups is 2. The molecule has 1 aromatic rings. The van der Waals surface area contributed by atoms with Crippen LogP contribution in [0, 0.1) is 0 Å². The van der Waals surface area contributed by atoms with Crippen LogP contribution in [0.2, 0.25) is 0 Å². The fraction of sp³-hybridized carbons (Fsp3) is 0.476. The average molecular weight is 537 g/mol. The van der Waals surface area contributed by atoms with Gasteiger partial charge in [-0.1, -0.05) is 6.07 Å². The van der Waals surface area contributed by atoms with Gasteiger partial charge in [0, 0.05) is 12.8 Å². The van der Waals surface area contributed by atoms with Crippen LogP contribution in [0.4, 0.5) is 8.78 Å². The molecule has 5 aliphatic rings. The molecule has 6 rings (SSSR count). The molecule has 1 aromatic carbocycles. The first-order valence-corrected chi connectivity index (χ1v) is 11.6. The number of para-hydroxylation sites is 1. The fourth-order valence-corrected chi connectivity index (χ4v) is 5.71. The summed E-state index contributed by atoms with van der Waals surface area (Å²) in [7, 11) is 0. The first-order chi connectivity index (χ1) is 17.8. The average Bonchev–Trinajstić information content (AvgIpc) is 3.52. The van der Waals surface area contributed by atoms with Crippen molar-refractivity contribution in [1.82, 2.24) is 20.9 Å². The van der Waals surface area contributed by atoms with Crippen molar-refractivity contribution in [2.45, 2.75) is 48.7 Å². The van der Waals surface area contributed by atoms with E-state index in [4.69, 9.17) is 11.5 Å². The largest absolute Gasteiger partial charge is 0.586 e. The highest BCUT2D eigenvalue weighted by Gasteiger charge is 2.75. The summed E-state index contributed by atoms with van der Waals surface area (Å²) in [5.74, 6) is -5.66. The fourth-order valence-electron chi connectivity index (χ4n) is 5.71. The van der Waals surface area contributed by atoms with E-state index in [9.17, 15) is 33.4 Å². The number of nitrogens with zero attached hydrogens (tertiary/aromatic N) is 3. The number of carbonyl (C=O) groups excluding carboxylic acids is 3. The lowest BCUT2D eigenvalue weighted by Gasteiger charge is -2.44. The first-order valence-electron chi connectivity index (χ1n) is 11.6. The number of benzene rings is 1. The van der Waals surface area contributed by atoms with Gasteiger partial charge in [0.15, 0.2) is 17.5 Å². The van der Waals surface area contributed by atoms with E-state index in [0.717, 1.165) is 4.90 Å². The van der Waals surface area contributed by atoms with Gasteiger partial charge in [-0.25, -0.2) is 9.57 Å². The highest BCUT2D eigenvalue weighted by molar-refractivity contribution is 6.02. The zero-order valence-electron chi connectivity index (χ0n) is 19.5. The van der Waals surface area contributed by atoms with Crippen molar-refractivity contribution in [3.8, 4) is 11.5 Å². The van der Waals surface area contributed by atoms with Gasteiger partial charge in [0.1, 0.15) is 18.1 Å². The van der Waals surface area contributed by atoms with Gasteiger partial charge >= 0.3 is 12.3 Å². The summed E-state index contributed by atoms with van der Waals surface area (Å²) in [5.41, 5.74) is 9.93. The summed E-state index contributed by atoms with van der Waals surface area (Å²) in [6, 6.07) is 0.266. The minimum atomic E-state index is -3.97. The Hall–Kier alpha value is -4.25. The number of aliphatic imine (C=N–C) groups is 1. The lowest BCUT2D eigenvalue weighted by atomic mass is 9.85. The van der Waals surface area contributed by atoms with E-state index < -0.39 is 59.3 Å². The number of nitrogens with two attached hydrogens (primary N) is 2. The number of carbonyl (C=O) groups is 3. The Balaban J connectivity index is 1.31. The summed E-state index contributed by atoms with van der Waals surface area (Å²) >= 11 is 0. The third kappa shape index (κ3) is 3.21. The van der Waals surface area contributed by atoms with Gasteiger partial charge in [0.25, 0.3) is 5.91 Å². The van der Waals surface area contributed by atoms with Gasteiger partial charge in [0.2, 0.25) is 23.3 Å². The minimum Gasteiger partial charge on any atom is -0.395 e.